The summed E-state index contributed by atoms with van der Waals surface area (Å²) in [4.78, 5) is 39.1. The normalized spacial score (nSPS) is 36.3. The van der Waals surface area contributed by atoms with Crippen LogP contribution in [-0.2, 0) is 47.5 Å². The Hall–Kier alpha value is -2.65. The highest BCUT2D eigenvalue weighted by Gasteiger charge is 2.57. The van der Waals surface area contributed by atoms with Gasteiger partial charge in [-0.05, 0) is 50.2 Å². The topological polar surface area (TPSA) is 177 Å². The minimum absolute atomic E-state index is 0.0116. The molecule has 3 N–H and O–H groups in total. The van der Waals surface area contributed by atoms with Gasteiger partial charge in [0.2, 0.25) is 5.79 Å². The molecule has 3 saturated heterocycles. The van der Waals surface area contributed by atoms with Crippen molar-refractivity contribution in [1.82, 2.24) is 0 Å². The lowest BCUT2D eigenvalue weighted by Gasteiger charge is -2.51. The van der Waals surface area contributed by atoms with E-state index in [9.17, 15) is 29.7 Å². The van der Waals surface area contributed by atoms with Crippen molar-refractivity contribution in [2.45, 2.75) is 184 Å². The fourth-order valence-corrected chi connectivity index (χ4v) is 7.89. The predicted molar refractivity (Wildman–Crippen MR) is 198 cm³/mol. The molecule has 10 atom stereocenters. The number of hydrogen-bond donors (Lipinski definition) is 3. The Morgan fingerprint density at radius 2 is 1.69 bits per heavy atom. The van der Waals surface area contributed by atoms with Crippen LogP contribution in [-0.4, -0.2) is 108 Å². The van der Waals surface area contributed by atoms with Crippen LogP contribution >= 0.6 is 0 Å². The van der Waals surface area contributed by atoms with Crippen LogP contribution in [0.3, 0.4) is 0 Å². The fraction of sp³-hybridized carbons (Fsp3) is 0.780. The summed E-state index contributed by atoms with van der Waals surface area (Å²) in [6.07, 6.45) is 9.26. The zero-order valence-electron chi connectivity index (χ0n) is 32.7. The van der Waals surface area contributed by atoms with E-state index in [0.29, 0.717) is 25.7 Å². The SMILES string of the molecule is C=CC[C@H]1C[C@H]2C[C@H]3CCCC(C[C@@H](O)CC(=O)O[C@@H](CO)C[C@@H]4C/C(=C\C(=O)OC)[C@H](OC(=O)CCCCCCC)[C@@](O)(O4)C(C)(C)/C=C/[C@H](O2)O1)O3. The van der Waals surface area contributed by atoms with Gasteiger partial charge in [0, 0.05) is 43.6 Å². The number of aliphatic hydroxyl groups is 3. The number of cyclic esters (lactones) is 1. The van der Waals surface area contributed by atoms with Gasteiger partial charge in [0.25, 0.3) is 0 Å². The molecule has 1 unspecified atom stereocenters. The van der Waals surface area contributed by atoms with Crippen LogP contribution in [0, 0.1) is 5.41 Å². The Morgan fingerprint density at radius 1 is 0.963 bits per heavy atom. The number of rotatable bonds is 11. The third-order valence-corrected chi connectivity index (χ3v) is 10.9. The number of carbonyl (C=O) groups excluding carboxylic acids is 3. The van der Waals surface area contributed by atoms with E-state index in [-0.39, 0.29) is 62.1 Å². The van der Waals surface area contributed by atoms with Crippen LogP contribution in [0.25, 0.3) is 0 Å². The molecule has 0 aromatic heterocycles. The minimum atomic E-state index is -2.27. The van der Waals surface area contributed by atoms with Crippen LogP contribution in [0.2, 0.25) is 0 Å². The summed E-state index contributed by atoms with van der Waals surface area (Å²) in [5.41, 5.74) is -1.08. The van der Waals surface area contributed by atoms with E-state index in [1.807, 2.05) is 0 Å². The van der Waals surface area contributed by atoms with E-state index in [1.165, 1.54) is 13.2 Å². The average molecular weight is 765 g/mol. The molecule has 3 fully saturated rings. The van der Waals surface area contributed by atoms with Gasteiger partial charge in [-0.3, -0.25) is 9.59 Å². The number of unbranched alkanes of at least 4 members (excludes halogenated alkanes) is 4. The first kappa shape index (κ1) is 44.1. The summed E-state index contributed by atoms with van der Waals surface area (Å²) in [5, 5.41) is 33.9. The molecule has 0 aromatic rings. The van der Waals surface area contributed by atoms with Crippen LogP contribution in [0.15, 0.2) is 36.5 Å². The summed E-state index contributed by atoms with van der Waals surface area (Å²) in [6.45, 7) is 8.86. The van der Waals surface area contributed by atoms with Gasteiger partial charge in [-0.1, -0.05) is 58.6 Å². The first-order chi connectivity index (χ1) is 25.8. The van der Waals surface area contributed by atoms with Crippen molar-refractivity contribution < 1.29 is 62.9 Å². The first-order valence-electron chi connectivity index (χ1n) is 19.9. The molecule has 13 heteroatoms. The molecule has 4 heterocycles. The molecule has 0 aliphatic carbocycles. The summed E-state index contributed by atoms with van der Waals surface area (Å²) >= 11 is 0. The Bertz CT molecular complexity index is 1300. The first-order valence-corrected chi connectivity index (χ1v) is 19.9. The third kappa shape index (κ3) is 12.7. The molecule has 4 aliphatic heterocycles. The number of methoxy groups -OCH3 is 1. The second kappa shape index (κ2) is 21.0. The lowest BCUT2D eigenvalue weighted by Crippen LogP contribution is -2.62. The van der Waals surface area contributed by atoms with Gasteiger partial charge < -0.3 is 48.5 Å². The highest BCUT2D eigenvalue weighted by atomic mass is 16.7. The number of fused-ring (bicyclic) bond motifs is 6. The van der Waals surface area contributed by atoms with Crippen LogP contribution in [0.5, 0.6) is 0 Å². The lowest BCUT2D eigenvalue weighted by molar-refractivity contribution is -0.327. The largest absolute Gasteiger partial charge is 0.466 e. The van der Waals surface area contributed by atoms with E-state index >= 15 is 0 Å². The Balaban J connectivity index is 1.72. The van der Waals surface area contributed by atoms with Crippen LogP contribution in [0.1, 0.15) is 124 Å². The zero-order valence-corrected chi connectivity index (χ0v) is 32.7. The zero-order chi connectivity index (χ0) is 39.3. The average Bonchev–Trinajstić information content (AvgIpc) is 3.11. The molecule has 0 radical (unpaired) electrons. The Morgan fingerprint density at radius 3 is 2.39 bits per heavy atom. The number of ether oxygens (including phenoxy) is 7. The van der Waals surface area contributed by atoms with Gasteiger partial charge >= 0.3 is 17.9 Å². The van der Waals surface area contributed by atoms with Gasteiger partial charge in [0.1, 0.15) is 6.10 Å². The van der Waals surface area contributed by atoms with Gasteiger partial charge in [-0.2, -0.15) is 0 Å². The summed E-state index contributed by atoms with van der Waals surface area (Å²) in [6, 6.07) is 0. The predicted octanol–water partition coefficient (Wildman–Crippen LogP) is 5.27. The van der Waals surface area contributed by atoms with E-state index in [2.05, 4.69) is 13.5 Å². The number of aliphatic hydroxyl groups excluding tert-OH is 2. The molecule has 4 rings (SSSR count). The second-order valence-corrected chi connectivity index (χ2v) is 15.8. The van der Waals surface area contributed by atoms with Gasteiger partial charge in [-0.15, -0.1) is 6.58 Å². The molecule has 54 heavy (non-hydrogen) atoms. The molecular weight excluding hydrogens is 700 g/mol. The number of carbonyl (C=O) groups is 3. The molecule has 13 nitrogen and oxygen atoms in total. The van der Waals surface area contributed by atoms with Crippen molar-refractivity contribution in [2.24, 2.45) is 5.41 Å². The summed E-state index contributed by atoms with van der Waals surface area (Å²) < 4.78 is 42.2. The highest BCUT2D eigenvalue weighted by molar-refractivity contribution is 5.83. The molecule has 6 bridgehead atoms. The van der Waals surface area contributed by atoms with E-state index in [0.717, 1.165) is 44.9 Å². The van der Waals surface area contributed by atoms with Crippen molar-refractivity contribution in [1.29, 1.82) is 0 Å². The summed E-state index contributed by atoms with van der Waals surface area (Å²) in [5.74, 6) is -4.26. The minimum Gasteiger partial charge on any atom is -0.466 e. The maximum atomic E-state index is 13.4. The van der Waals surface area contributed by atoms with Crippen molar-refractivity contribution in [2.75, 3.05) is 13.7 Å². The standard InChI is InChI=1S/C41H64O13/c1-6-8-9-10-11-16-35(44)53-39-27(20-36(45)48-5)19-33-25-34(26-42)50-37(46)22-28(43)21-30-14-12-15-31(49-30)24-32-23-29(13-7-2)51-38(52-32)17-18-40(3,4)41(39,47)54-33/h7,17-18,20,28-34,38-39,42-43,47H,2,6,8-16,19,21-26H2,1,3-5H3/b18-17+,27-20+/t28-,29+,30?,31-,32+,33+,34-,38+,39+,41-/m1/s1. The molecular formula is C41H64O13. The molecule has 0 aromatic carbocycles. The molecule has 306 valence electrons. The van der Waals surface area contributed by atoms with Gasteiger partial charge in [0.05, 0.1) is 56.8 Å². The maximum absolute atomic E-state index is 13.4. The van der Waals surface area contributed by atoms with Crippen LogP contribution < -0.4 is 0 Å². The van der Waals surface area contributed by atoms with Gasteiger partial charge in [-0.25, -0.2) is 4.79 Å². The van der Waals surface area contributed by atoms with Crippen molar-refractivity contribution in [3.63, 3.8) is 0 Å². The van der Waals surface area contributed by atoms with Crippen molar-refractivity contribution in [3.8, 4) is 0 Å². The third-order valence-electron chi connectivity index (χ3n) is 10.9. The van der Waals surface area contributed by atoms with Crippen molar-refractivity contribution in [3.05, 3.63) is 36.5 Å². The smallest absolute Gasteiger partial charge is 0.330 e. The van der Waals surface area contributed by atoms with Crippen LogP contribution in [0.4, 0.5) is 0 Å². The monoisotopic (exact) mass is 764 g/mol. The number of hydrogen-bond acceptors (Lipinski definition) is 13. The lowest BCUT2D eigenvalue weighted by atomic mass is 9.74. The Labute approximate surface area is 320 Å². The molecule has 0 amide bonds. The van der Waals surface area contributed by atoms with E-state index < -0.39 is 66.4 Å². The number of esters is 3. The second-order valence-electron chi connectivity index (χ2n) is 15.8. The fourth-order valence-electron chi connectivity index (χ4n) is 7.89. The molecule has 0 saturated carbocycles. The van der Waals surface area contributed by atoms with Crippen molar-refractivity contribution >= 4 is 17.9 Å². The Kier molecular flexibility index (Phi) is 17.2. The van der Waals surface area contributed by atoms with E-state index in [4.69, 9.17) is 33.2 Å². The maximum Gasteiger partial charge on any atom is 0.330 e. The summed E-state index contributed by atoms with van der Waals surface area (Å²) in [7, 11) is 1.22. The van der Waals surface area contributed by atoms with Gasteiger partial charge in [0.15, 0.2) is 12.4 Å². The van der Waals surface area contributed by atoms with E-state index in [1.54, 1.807) is 32.1 Å². The quantitative estimate of drug-likeness (QED) is 0.0816. The molecule has 4 aliphatic rings. The molecule has 0 spiro atoms. The highest BCUT2D eigenvalue weighted by Crippen LogP contribution is 2.47.